The van der Waals surface area contributed by atoms with Crippen molar-refractivity contribution in [1.82, 2.24) is 9.88 Å². The summed E-state index contributed by atoms with van der Waals surface area (Å²) in [6, 6.07) is 1.30. The number of hydrogen-bond donors (Lipinski definition) is 2. The third kappa shape index (κ3) is 3.37. The van der Waals surface area contributed by atoms with Crippen LogP contribution in [0.5, 0.6) is 0 Å². The minimum Gasteiger partial charge on any atom is -0.335 e. The molecule has 5 nitrogen and oxygen atoms in total. The molecule has 1 heterocycles. The molecular weight excluding hydrogens is 310 g/mol. The van der Waals surface area contributed by atoms with Crippen LogP contribution in [0.4, 0.5) is 10.5 Å². The van der Waals surface area contributed by atoms with Crippen molar-refractivity contribution in [3.05, 3.63) is 27.1 Å². The van der Waals surface area contributed by atoms with E-state index in [1.54, 1.807) is 13.2 Å². The van der Waals surface area contributed by atoms with E-state index in [2.05, 4.69) is 26.6 Å². The van der Waals surface area contributed by atoms with Crippen LogP contribution in [0.2, 0.25) is 0 Å². The van der Waals surface area contributed by atoms with Gasteiger partial charge in [0, 0.05) is 25.4 Å². The lowest BCUT2D eigenvalue weighted by atomic mass is 9.80. The molecule has 0 spiro atoms. The molecule has 1 aliphatic carbocycles. The molecule has 0 aromatic carbocycles. The van der Waals surface area contributed by atoms with Crippen molar-refractivity contribution in [2.45, 2.75) is 32.2 Å². The Balaban J connectivity index is 1.98. The summed E-state index contributed by atoms with van der Waals surface area (Å²) in [5.41, 5.74) is 0.326. The molecule has 0 bridgehead atoms. The molecule has 2 N–H and O–H groups in total. The second-order valence-corrected chi connectivity index (χ2v) is 5.92. The molecule has 2 rings (SSSR count). The van der Waals surface area contributed by atoms with Gasteiger partial charge in [-0.2, -0.15) is 0 Å². The monoisotopic (exact) mass is 327 g/mol. The van der Waals surface area contributed by atoms with Crippen LogP contribution in [0.15, 0.2) is 21.5 Å². The Bertz CT molecular complexity index is 537. The zero-order chi connectivity index (χ0) is 14.0. The van der Waals surface area contributed by atoms with Crippen molar-refractivity contribution in [2.75, 3.05) is 5.32 Å². The van der Waals surface area contributed by atoms with E-state index in [9.17, 15) is 9.59 Å². The number of carbonyl (C=O) groups excluding carboxylic acids is 1. The van der Waals surface area contributed by atoms with Crippen molar-refractivity contribution in [3.8, 4) is 0 Å². The van der Waals surface area contributed by atoms with E-state index in [0.29, 0.717) is 16.1 Å². The Hall–Kier alpha value is -1.30. The number of halogens is 1. The highest BCUT2D eigenvalue weighted by molar-refractivity contribution is 9.10. The summed E-state index contributed by atoms with van der Waals surface area (Å²) in [7, 11) is 1.66. The Morgan fingerprint density at radius 3 is 2.79 bits per heavy atom. The molecule has 19 heavy (non-hydrogen) atoms. The summed E-state index contributed by atoms with van der Waals surface area (Å²) in [5, 5.41) is 5.61. The second kappa shape index (κ2) is 5.77. The van der Waals surface area contributed by atoms with Crippen LogP contribution in [0.25, 0.3) is 0 Å². The second-order valence-electron chi connectivity index (χ2n) is 5.06. The lowest BCUT2D eigenvalue weighted by Gasteiger charge is -2.31. The molecule has 1 saturated carbocycles. The van der Waals surface area contributed by atoms with Gasteiger partial charge in [0.15, 0.2) is 0 Å². The number of pyridine rings is 1. The number of urea groups is 1. The van der Waals surface area contributed by atoms with Crippen LogP contribution in [-0.2, 0) is 7.05 Å². The average molecular weight is 328 g/mol. The first-order valence-electron chi connectivity index (χ1n) is 6.41. The first-order chi connectivity index (χ1) is 8.97. The van der Waals surface area contributed by atoms with Gasteiger partial charge >= 0.3 is 6.03 Å². The Morgan fingerprint density at radius 2 is 2.21 bits per heavy atom. The third-order valence-electron chi connectivity index (χ3n) is 3.64. The predicted octanol–water partition coefficient (Wildman–Crippen LogP) is 2.46. The van der Waals surface area contributed by atoms with Crippen molar-refractivity contribution < 1.29 is 4.79 Å². The van der Waals surface area contributed by atoms with Crippen LogP contribution >= 0.6 is 15.9 Å². The summed E-state index contributed by atoms with van der Waals surface area (Å²) in [4.78, 5) is 23.4. The highest BCUT2D eigenvalue weighted by atomic mass is 79.9. The molecule has 2 amide bonds. The topological polar surface area (TPSA) is 63.1 Å². The largest absolute Gasteiger partial charge is 0.335 e. The molecule has 0 radical (unpaired) electrons. The molecule has 1 aromatic rings. The highest BCUT2D eigenvalue weighted by Crippen LogP contribution is 2.29. The predicted molar refractivity (Wildman–Crippen MR) is 78.3 cm³/mol. The maximum absolute atomic E-state index is 11.9. The van der Waals surface area contributed by atoms with Gasteiger partial charge in [-0.25, -0.2) is 4.79 Å². The van der Waals surface area contributed by atoms with Crippen molar-refractivity contribution >= 4 is 27.6 Å². The highest BCUT2D eigenvalue weighted by Gasteiger charge is 2.25. The van der Waals surface area contributed by atoms with Gasteiger partial charge in [-0.05, 0) is 41.6 Å². The average Bonchev–Trinajstić information content (AvgIpc) is 2.23. The van der Waals surface area contributed by atoms with E-state index in [1.165, 1.54) is 29.9 Å². The van der Waals surface area contributed by atoms with Crippen molar-refractivity contribution in [2.24, 2.45) is 13.0 Å². The van der Waals surface area contributed by atoms with Crippen LogP contribution in [0.1, 0.15) is 26.2 Å². The first kappa shape index (κ1) is 14.1. The summed E-state index contributed by atoms with van der Waals surface area (Å²) in [5.74, 6) is 0.581. The number of carbonyl (C=O) groups is 1. The Labute approximate surface area is 120 Å². The summed E-state index contributed by atoms with van der Waals surface area (Å²) in [6.07, 6.45) is 5.24. The molecule has 1 atom stereocenters. The van der Waals surface area contributed by atoms with Crippen LogP contribution < -0.4 is 16.2 Å². The number of nitrogens with one attached hydrogen (secondary N) is 2. The van der Waals surface area contributed by atoms with Gasteiger partial charge < -0.3 is 15.2 Å². The standard InChI is InChI=1S/C13H18BrN3O2/c1-8(9-4-3-5-9)15-13(19)16-11-6-12(18)17(2)7-10(11)14/h6-9H,3-5H2,1-2H3,(H2,15,16,19)/t8-/m0/s1. The van der Waals surface area contributed by atoms with E-state index < -0.39 is 0 Å². The SMILES string of the molecule is C[C@H](NC(=O)Nc1cc(=O)n(C)cc1Br)C1CCC1. The lowest BCUT2D eigenvalue weighted by molar-refractivity contribution is 0.222. The van der Waals surface area contributed by atoms with E-state index in [0.717, 1.165) is 0 Å². The normalized spacial score (nSPS) is 16.6. The number of nitrogens with zero attached hydrogens (tertiary/aromatic N) is 1. The van der Waals surface area contributed by atoms with Crippen LogP contribution in [0.3, 0.4) is 0 Å². The fraction of sp³-hybridized carbons (Fsp3) is 0.538. The quantitative estimate of drug-likeness (QED) is 0.895. The van der Waals surface area contributed by atoms with Gasteiger partial charge in [0.1, 0.15) is 0 Å². The molecule has 1 aromatic heterocycles. The minimum atomic E-state index is -0.270. The van der Waals surface area contributed by atoms with E-state index >= 15 is 0 Å². The summed E-state index contributed by atoms with van der Waals surface area (Å²) in [6.45, 7) is 2.02. The van der Waals surface area contributed by atoms with Crippen molar-refractivity contribution in [1.29, 1.82) is 0 Å². The molecule has 6 heteroatoms. The zero-order valence-electron chi connectivity index (χ0n) is 11.1. The first-order valence-corrected chi connectivity index (χ1v) is 7.20. The van der Waals surface area contributed by atoms with Crippen LogP contribution in [0, 0.1) is 5.92 Å². The fourth-order valence-corrected chi connectivity index (χ4v) is 2.64. The van der Waals surface area contributed by atoms with Crippen molar-refractivity contribution in [3.63, 3.8) is 0 Å². The van der Waals surface area contributed by atoms with Gasteiger partial charge in [-0.1, -0.05) is 6.42 Å². The Kier molecular flexibility index (Phi) is 4.29. The van der Waals surface area contributed by atoms with E-state index in [4.69, 9.17) is 0 Å². The minimum absolute atomic E-state index is 0.162. The Morgan fingerprint density at radius 1 is 1.53 bits per heavy atom. The molecule has 1 aliphatic rings. The molecule has 104 valence electrons. The van der Waals surface area contributed by atoms with Gasteiger partial charge in [0.05, 0.1) is 10.2 Å². The van der Waals surface area contributed by atoms with E-state index in [1.807, 2.05) is 6.92 Å². The number of anilines is 1. The summed E-state index contributed by atoms with van der Waals surface area (Å²) < 4.78 is 2.13. The van der Waals surface area contributed by atoms with Crippen LogP contribution in [-0.4, -0.2) is 16.6 Å². The molecule has 0 aliphatic heterocycles. The summed E-state index contributed by atoms with van der Waals surface area (Å²) >= 11 is 3.33. The smallest absolute Gasteiger partial charge is 0.319 e. The molecule has 0 unspecified atom stereocenters. The molecule has 0 saturated heterocycles. The maximum Gasteiger partial charge on any atom is 0.319 e. The number of aryl methyl sites for hydroxylation is 1. The van der Waals surface area contributed by atoms with Gasteiger partial charge in [0.25, 0.3) is 5.56 Å². The zero-order valence-corrected chi connectivity index (χ0v) is 12.7. The lowest BCUT2D eigenvalue weighted by Crippen LogP contribution is -2.42. The third-order valence-corrected chi connectivity index (χ3v) is 4.28. The van der Waals surface area contributed by atoms with Gasteiger partial charge in [-0.15, -0.1) is 0 Å². The van der Waals surface area contributed by atoms with Gasteiger partial charge in [0.2, 0.25) is 0 Å². The van der Waals surface area contributed by atoms with Gasteiger partial charge in [-0.3, -0.25) is 4.79 Å². The molecule has 1 fully saturated rings. The molecular formula is C13H18BrN3O2. The number of amides is 2. The maximum atomic E-state index is 11.9. The number of hydrogen-bond acceptors (Lipinski definition) is 2. The number of aromatic nitrogens is 1. The van der Waals surface area contributed by atoms with E-state index in [-0.39, 0.29) is 17.6 Å². The fourth-order valence-electron chi connectivity index (χ4n) is 2.12. The number of rotatable bonds is 3.